The minimum absolute atomic E-state index is 0.800. The second-order valence-corrected chi connectivity index (χ2v) is 21.2. The molecule has 0 aromatic carbocycles. The number of nitrogens with one attached hydrogen (secondary N) is 4. The van der Waals surface area contributed by atoms with Crippen LogP contribution in [0.15, 0.2) is 0 Å². The van der Waals surface area contributed by atoms with Crippen molar-refractivity contribution in [1.82, 2.24) is 21.3 Å². The topological polar surface area (TPSA) is 579 Å². The van der Waals surface area contributed by atoms with Gasteiger partial charge in [0.2, 0.25) is 23.6 Å². The average molecular weight is 1230 g/mol. The zero-order chi connectivity index (χ0) is 62.6. The number of hydrogen-bond acceptors (Lipinski definition) is 32. The van der Waals surface area contributed by atoms with Crippen LogP contribution in [0, 0.1) is 0 Å². The van der Waals surface area contributed by atoms with E-state index >= 15 is 0 Å². The monoisotopic (exact) mass is 1230 g/mol. The van der Waals surface area contributed by atoms with Gasteiger partial charge in [-0.1, -0.05) is 0 Å². The molecule has 4 amide bonds. The highest BCUT2D eigenvalue weighted by molar-refractivity contribution is 5.77. The van der Waals surface area contributed by atoms with Gasteiger partial charge in [-0.05, 0) is 6.92 Å². The van der Waals surface area contributed by atoms with Gasteiger partial charge in [0.05, 0.1) is 51.3 Å². The van der Waals surface area contributed by atoms with E-state index in [1.54, 1.807) is 0 Å². The first-order valence-corrected chi connectivity index (χ1v) is 26.6. The van der Waals surface area contributed by atoms with Crippen molar-refractivity contribution in [2.24, 2.45) is 0 Å². The highest BCUT2D eigenvalue weighted by Gasteiger charge is 2.61. The number of carboxylic acids is 1. The van der Waals surface area contributed by atoms with Crippen molar-refractivity contribution in [3.63, 3.8) is 0 Å². The van der Waals surface area contributed by atoms with Crippen LogP contribution in [0.5, 0.6) is 0 Å². The predicted molar refractivity (Wildman–Crippen MR) is 261 cm³/mol. The number of aliphatic hydroxyl groups is 16. The van der Waals surface area contributed by atoms with E-state index in [9.17, 15) is 111 Å². The summed E-state index contributed by atoms with van der Waals surface area (Å²) in [6.07, 6.45) is -52.4. The maximum absolute atomic E-state index is 13.1. The van der Waals surface area contributed by atoms with Gasteiger partial charge in [-0.3, -0.25) is 19.2 Å². The molecule has 0 aliphatic carbocycles. The van der Waals surface area contributed by atoms with Gasteiger partial charge in [0.25, 0.3) is 5.79 Å². The van der Waals surface area contributed by atoms with Crippen LogP contribution in [0.25, 0.3) is 0 Å². The molecule has 0 radical (unpaired) electrons. The van der Waals surface area contributed by atoms with Crippen molar-refractivity contribution in [3.05, 3.63) is 0 Å². The molecule has 6 rings (SSSR count). The van der Waals surface area contributed by atoms with Crippen molar-refractivity contribution in [2.45, 2.75) is 231 Å². The Morgan fingerprint density at radius 2 is 1.01 bits per heavy atom. The van der Waals surface area contributed by atoms with Gasteiger partial charge in [0.15, 0.2) is 31.5 Å². The Morgan fingerprint density at radius 3 is 1.58 bits per heavy atom. The van der Waals surface area contributed by atoms with Crippen LogP contribution >= 0.6 is 0 Å². The van der Waals surface area contributed by atoms with Crippen molar-refractivity contribution < 1.29 is 163 Å². The van der Waals surface area contributed by atoms with Crippen LogP contribution in [0.3, 0.4) is 0 Å². The number of carbonyl (C=O) groups is 5. The Balaban J connectivity index is 1.32. The molecule has 21 N–H and O–H groups in total. The second kappa shape index (κ2) is 29.5. The largest absolute Gasteiger partial charge is 0.477 e. The molecule has 6 heterocycles. The smallest absolute Gasteiger partial charge is 0.364 e. The highest BCUT2D eigenvalue weighted by atomic mass is 16.8. The molecule has 6 fully saturated rings. The molecule has 37 nitrogen and oxygen atoms in total. The van der Waals surface area contributed by atoms with E-state index in [0.717, 1.165) is 27.7 Å². The van der Waals surface area contributed by atoms with E-state index in [1.165, 1.54) is 6.92 Å². The Morgan fingerprint density at radius 1 is 0.512 bits per heavy atom. The Hall–Kier alpha value is -3.73. The van der Waals surface area contributed by atoms with Gasteiger partial charge in [0.1, 0.15) is 134 Å². The van der Waals surface area contributed by atoms with Crippen molar-refractivity contribution in [2.75, 3.05) is 33.0 Å². The molecule has 0 saturated carbocycles. The summed E-state index contributed by atoms with van der Waals surface area (Å²) in [5, 5.41) is 194. The van der Waals surface area contributed by atoms with E-state index in [4.69, 9.17) is 52.1 Å². The molecule has 6 saturated heterocycles. The summed E-state index contributed by atoms with van der Waals surface area (Å²) in [5.74, 6) is -8.71. The molecular weight excluding hydrogens is 1150 g/mol. The summed E-state index contributed by atoms with van der Waals surface area (Å²) in [5.41, 5.74) is 0. The summed E-state index contributed by atoms with van der Waals surface area (Å²) < 4.78 is 64.7. The summed E-state index contributed by atoms with van der Waals surface area (Å²) in [4.78, 5) is 63.3. The SMILES string of the molecule is CC(=O)N[C@H]1[C@H](O[C@@H]2[C@@H](NC(C)=O)[C@H](OC[C@H]3OC(O)[C@H](NC(C)=O)[C@@H](O[C@@H]4O[C@H](CO)[C@H](O)[C@H](O[C@]5(C(=O)O)C[C@H](O)[C@@H](NC(C)=O)[C@H]([C@H](O)[C@H](O)CO)O5)[C@H]4O)[C@H]3O)O[C@H](CO)[C@H]2O[C@@H]2O[C@@H](C)[C@@H](O)[C@@H](O)[C@@H]2O)O[C@H](CO)[C@@H](O)[C@@H]1O. The molecule has 37 heteroatoms. The fourth-order valence-electron chi connectivity index (χ4n) is 10.7. The number of rotatable bonds is 22. The third kappa shape index (κ3) is 15.4. The zero-order valence-electron chi connectivity index (χ0n) is 45.7. The summed E-state index contributed by atoms with van der Waals surface area (Å²) in [6.45, 7) is 0.0339. The Kier molecular flexibility index (Phi) is 24.4. The number of carbonyl (C=O) groups excluding carboxylic acids is 4. The molecule has 0 bridgehead atoms. The lowest BCUT2D eigenvalue weighted by atomic mass is 9.88. The summed E-state index contributed by atoms with van der Waals surface area (Å²) in [7, 11) is 0. The van der Waals surface area contributed by atoms with E-state index in [0.29, 0.717) is 0 Å². The average Bonchev–Trinajstić information content (AvgIpc) is 1.33. The third-order valence-electron chi connectivity index (χ3n) is 15.0. The third-order valence-corrected chi connectivity index (χ3v) is 15.0. The van der Waals surface area contributed by atoms with Crippen molar-refractivity contribution >= 4 is 29.6 Å². The fraction of sp³-hybridized carbons (Fsp3) is 0.894. The van der Waals surface area contributed by atoms with E-state index < -0.39 is 259 Å². The lowest BCUT2D eigenvalue weighted by Crippen LogP contribution is -2.71. The van der Waals surface area contributed by atoms with Crippen LogP contribution in [0.4, 0.5) is 0 Å². The number of aliphatic hydroxyl groups excluding tert-OH is 16. The van der Waals surface area contributed by atoms with Gasteiger partial charge in [-0.2, -0.15) is 0 Å². The molecule has 6 aliphatic heterocycles. The first-order chi connectivity index (χ1) is 39.4. The molecule has 84 heavy (non-hydrogen) atoms. The highest BCUT2D eigenvalue weighted by Crippen LogP contribution is 2.40. The molecule has 0 spiro atoms. The van der Waals surface area contributed by atoms with Crippen LogP contribution in [-0.2, 0) is 76.1 Å². The number of carboxylic acid groups (broad SMARTS) is 1. The molecule has 6 aliphatic rings. The van der Waals surface area contributed by atoms with Gasteiger partial charge in [-0.25, -0.2) is 4.79 Å². The standard InChI is InChI=1S/C47H78N4O33/c1-12-27(62)33(68)34(69)44(75-12)80-36-21(10-55)79-42(26(51-16(5)59)39(36)82-43-24(49-14(3)57)32(67)29(64)19(8-53)77-43)74-11-22-31(66)37(25(41(71)76-22)50-15(4)58)81-45-35(70)40(30(65)20(9-54)78-45)84-47(46(72)73)6-17(60)23(48-13(2)56)38(83-47)28(63)18(61)7-52/h12,17-45,52-55,60-71H,6-11H2,1-5H3,(H,48,56)(H,49,57)(H,50,58)(H,51,59)(H,72,73)/t12-,17-,18+,19+,20+,21+,22+,23+,24+,25+,26+,27+,28+,29+,30-,31-,32+,33+,34-,35+,36+,37+,38+,39+,40-,41?,42+,43-,44-,45-,47-/m0/s1. The van der Waals surface area contributed by atoms with Gasteiger partial charge in [-0.15, -0.1) is 0 Å². The van der Waals surface area contributed by atoms with Crippen molar-refractivity contribution in [3.8, 4) is 0 Å². The maximum Gasteiger partial charge on any atom is 0.364 e. The quantitative estimate of drug-likeness (QED) is 0.0479. The Labute approximate surface area is 476 Å². The summed E-state index contributed by atoms with van der Waals surface area (Å²) >= 11 is 0. The molecule has 484 valence electrons. The predicted octanol–water partition coefficient (Wildman–Crippen LogP) is -13.3. The van der Waals surface area contributed by atoms with Crippen LogP contribution in [0.2, 0.25) is 0 Å². The second-order valence-electron chi connectivity index (χ2n) is 21.2. The lowest BCUT2D eigenvalue weighted by molar-refractivity contribution is -0.382. The first kappa shape index (κ1) is 69.4. The molecule has 0 aromatic heterocycles. The molecular formula is C47H78N4O33. The fourth-order valence-corrected chi connectivity index (χ4v) is 10.7. The number of aliphatic carboxylic acids is 1. The van der Waals surface area contributed by atoms with E-state index in [1.807, 2.05) is 0 Å². The molecule has 1 unspecified atom stereocenters. The Bertz CT molecular complexity index is 2200. The normalized spacial score (nSPS) is 45.3. The van der Waals surface area contributed by atoms with E-state index in [-0.39, 0.29) is 0 Å². The number of amides is 4. The zero-order valence-corrected chi connectivity index (χ0v) is 45.7. The van der Waals surface area contributed by atoms with Crippen LogP contribution < -0.4 is 21.3 Å². The lowest BCUT2D eigenvalue weighted by Gasteiger charge is -2.51. The molecule has 0 aromatic rings. The van der Waals surface area contributed by atoms with Gasteiger partial charge < -0.3 is 160 Å². The minimum Gasteiger partial charge on any atom is -0.477 e. The van der Waals surface area contributed by atoms with Gasteiger partial charge >= 0.3 is 5.97 Å². The maximum atomic E-state index is 13.1. The first-order valence-electron chi connectivity index (χ1n) is 26.6. The van der Waals surface area contributed by atoms with E-state index in [2.05, 4.69) is 21.3 Å². The number of hydrogen-bond donors (Lipinski definition) is 21. The number of ether oxygens (including phenoxy) is 11. The van der Waals surface area contributed by atoms with Crippen LogP contribution in [-0.4, -0.2) is 339 Å². The van der Waals surface area contributed by atoms with Crippen LogP contribution in [0.1, 0.15) is 41.0 Å². The van der Waals surface area contributed by atoms with Gasteiger partial charge in [0, 0.05) is 34.1 Å². The summed E-state index contributed by atoms with van der Waals surface area (Å²) in [6, 6.07) is -6.97. The van der Waals surface area contributed by atoms with Crippen molar-refractivity contribution in [1.29, 1.82) is 0 Å². The minimum atomic E-state index is -3.22. The molecule has 31 atom stereocenters.